The first-order valence-electron chi connectivity index (χ1n) is 6.35. The Hall–Kier alpha value is -1.95. The second kappa shape index (κ2) is 7.73. The van der Waals surface area contributed by atoms with Gasteiger partial charge in [0.15, 0.2) is 5.92 Å². The monoisotopic (exact) mass is 316 g/mol. The van der Waals surface area contributed by atoms with Gasteiger partial charge in [0.25, 0.3) is 0 Å². The highest BCUT2D eigenvalue weighted by molar-refractivity contribution is 7.30. The summed E-state index contributed by atoms with van der Waals surface area (Å²) in [6.45, 7) is 4.16. The molecule has 0 aromatic carbocycles. The van der Waals surface area contributed by atoms with Gasteiger partial charge in [0.1, 0.15) is 5.84 Å². The molecule has 0 aromatic rings. The fourth-order valence-electron chi connectivity index (χ4n) is 2.13. The lowest BCUT2D eigenvalue weighted by Gasteiger charge is -2.19. The highest BCUT2D eigenvalue weighted by Gasteiger charge is 2.33. The van der Waals surface area contributed by atoms with Gasteiger partial charge in [-0.1, -0.05) is 6.08 Å². The van der Waals surface area contributed by atoms with E-state index < -0.39 is 31.6 Å². The van der Waals surface area contributed by atoms with E-state index in [-0.39, 0.29) is 19.1 Å². The summed E-state index contributed by atoms with van der Waals surface area (Å²) in [5.41, 5.74) is 0. The highest BCUT2D eigenvalue weighted by atomic mass is 31.1. The third-order valence-electron chi connectivity index (χ3n) is 3.11. The average molecular weight is 316 g/mol. The topological polar surface area (TPSA) is 124 Å². The van der Waals surface area contributed by atoms with Gasteiger partial charge >= 0.3 is 19.6 Å². The van der Waals surface area contributed by atoms with Gasteiger partial charge in [-0.25, -0.2) is 9.13 Å². The Morgan fingerprint density at radius 3 is 2.52 bits per heavy atom. The van der Waals surface area contributed by atoms with Gasteiger partial charge in [-0.15, -0.1) is 6.58 Å². The fraction of sp³-hybridized carbons (Fsp3) is 0.583. The quantitative estimate of drug-likeness (QED) is 0.369. The summed E-state index contributed by atoms with van der Waals surface area (Å²) in [6, 6.07) is -0.471. The molecule has 1 rings (SSSR count). The summed E-state index contributed by atoms with van der Waals surface area (Å²) in [4.78, 5) is 27.8. The predicted molar refractivity (Wildman–Crippen MR) is 74.1 cm³/mol. The normalized spacial score (nSPS) is 17.7. The van der Waals surface area contributed by atoms with Gasteiger partial charge in [-0.05, 0) is 6.42 Å². The number of nitrogens with zero attached hydrogens (tertiary/aromatic N) is 2. The van der Waals surface area contributed by atoms with E-state index in [2.05, 4.69) is 11.6 Å². The zero-order chi connectivity index (χ0) is 16.0. The van der Waals surface area contributed by atoms with Gasteiger partial charge in [-0.3, -0.25) is 14.6 Å². The van der Waals surface area contributed by atoms with Crippen LogP contribution in [-0.2, 0) is 18.7 Å². The standard InChI is InChI=1S/C12H17N2O6P/c1-2-3-10-13-8(6-9(11(15)16)12(17)18)7-14(10)4-5-21(19)20/h2,8-9H,1,3-7H2,(H,15,16)(H,17,18). The molecule has 0 bridgehead atoms. The van der Waals surface area contributed by atoms with Crippen molar-refractivity contribution in [2.45, 2.75) is 18.9 Å². The molecule has 116 valence electrons. The number of hydrogen-bond donors (Lipinski definition) is 2. The minimum Gasteiger partial charge on any atom is -0.481 e. The van der Waals surface area contributed by atoms with Crippen molar-refractivity contribution in [3.05, 3.63) is 12.7 Å². The predicted octanol–water partition coefficient (Wildman–Crippen LogP) is 0.994. The van der Waals surface area contributed by atoms with E-state index in [0.29, 0.717) is 18.8 Å². The lowest BCUT2D eigenvalue weighted by molar-refractivity contribution is -0.154. The van der Waals surface area contributed by atoms with Crippen LogP contribution in [0.5, 0.6) is 0 Å². The first-order chi connectivity index (χ1) is 9.85. The zero-order valence-corrected chi connectivity index (χ0v) is 12.2. The summed E-state index contributed by atoms with van der Waals surface area (Å²) >= 11 is 0. The lowest BCUT2D eigenvalue weighted by atomic mass is 10.0. The number of carboxylic acids is 2. The van der Waals surface area contributed by atoms with Crippen LogP contribution in [0.25, 0.3) is 0 Å². The fourth-order valence-corrected chi connectivity index (χ4v) is 2.54. The van der Waals surface area contributed by atoms with Crippen molar-refractivity contribution in [1.82, 2.24) is 4.90 Å². The zero-order valence-electron chi connectivity index (χ0n) is 11.3. The maximum Gasteiger partial charge on any atom is 0.317 e. The minimum absolute atomic E-state index is 0.0283. The molecule has 1 unspecified atom stereocenters. The number of aliphatic imine (C=N–C) groups is 1. The number of carboxylic acid groups (broad SMARTS) is 2. The van der Waals surface area contributed by atoms with Crippen LogP contribution in [0, 0.1) is 5.92 Å². The smallest absolute Gasteiger partial charge is 0.317 e. The summed E-state index contributed by atoms with van der Waals surface area (Å²) < 4.78 is 21.3. The van der Waals surface area contributed by atoms with Crippen molar-refractivity contribution >= 4 is 25.5 Å². The lowest BCUT2D eigenvalue weighted by Crippen LogP contribution is -2.33. The van der Waals surface area contributed by atoms with Gasteiger partial charge in [0.05, 0.1) is 12.2 Å². The Morgan fingerprint density at radius 1 is 1.43 bits per heavy atom. The van der Waals surface area contributed by atoms with E-state index in [1.54, 1.807) is 11.0 Å². The van der Waals surface area contributed by atoms with Gasteiger partial charge in [0.2, 0.25) is 0 Å². The van der Waals surface area contributed by atoms with Crippen molar-refractivity contribution < 1.29 is 28.9 Å². The molecular weight excluding hydrogens is 299 g/mol. The van der Waals surface area contributed by atoms with Crippen molar-refractivity contribution in [1.29, 1.82) is 0 Å². The van der Waals surface area contributed by atoms with Gasteiger partial charge in [-0.2, -0.15) is 0 Å². The van der Waals surface area contributed by atoms with Crippen LogP contribution in [0.4, 0.5) is 0 Å². The van der Waals surface area contributed by atoms with Crippen molar-refractivity contribution in [2.24, 2.45) is 10.9 Å². The van der Waals surface area contributed by atoms with Crippen molar-refractivity contribution in [2.75, 3.05) is 19.3 Å². The van der Waals surface area contributed by atoms with Crippen LogP contribution < -0.4 is 0 Å². The Labute approximate surface area is 122 Å². The van der Waals surface area contributed by atoms with Crippen LogP contribution in [0.15, 0.2) is 17.6 Å². The summed E-state index contributed by atoms with van der Waals surface area (Å²) in [7, 11) is -2.51. The maximum absolute atomic E-state index is 10.9. The SMILES string of the molecule is C=CCC1=NC(CC(C(=O)O)C(=O)O)CN1CCP(=O)=O. The molecule has 21 heavy (non-hydrogen) atoms. The Morgan fingerprint density at radius 2 is 2.05 bits per heavy atom. The van der Waals surface area contributed by atoms with Crippen LogP contribution >= 0.6 is 7.68 Å². The van der Waals surface area contributed by atoms with E-state index >= 15 is 0 Å². The third-order valence-corrected chi connectivity index (χ3v) is 3.68. The third kappa shape index (κ3) is 5.15. The van der Waals surface area contributed by atoms with E-state index in [0.717, 1.165) is 0 Å². The molecule has 8 nitrogen and oxygen atoms in total. The van der Waals surface area contributed by atoms with E-state index in [1.807, 2.05) is 0 Å². The van der Waals surface area contributed by atoms with Crippen molar-refractivity contribution in [3.63, 3.8) is 0 Å². The van der Waals surface area contributed by atoms with Crippen LogP contribution in [0.3, 0.4) is 0 Å². The Balaban J connectivity index is 2.75. The van der Waals surface area contributed by atoms with E-state index in [4.69, 9.17) is 10.2 Å². The first kappa shape index (κ1) is 17.1. The van der Waals surface area contributed by atoms with Crippen LogP contribution in [0.1, 0.15) is 12.8 Å². The molecule has 2 N–H and O–H groups in total. The number of rotatable bonds is 9. The minimum atomic E-state index is -2.51. The summed E-state index contributed by atoms with van der Waals surface area (Å²) in [5.74, 6) is -3.70. The number of amidine groups is 1. The molecule has 0 saturated carbocycles. The second-order valence-corrected chi connectivity index (χ2v) is 5.77. The Bertz CT molecular complexity index is 506. The number of carbonyl (C=O) groups is 2. The molecule has 1 heterocycles. The molecule has 9 heteroatoms. The van der Waals surface area contributed by atoms with E-state index in [1.165, 1.54) is 0 Å². The second-order valence-electron chi connectivity index (χ2n) is 4.66. The van der Waals surface area contributed by atoms with Gasteiger partial charge < -0.3 is 15.1 Å². The molecule has 0 spiro atoms. The van der Waals surface area contributed by atoms with Crippen LogP contribution in [-0.4, -0.2) is 58.2 Å². The summed E-state index contributed by atoms with van der Waals surface area (Å²) in [5, 5.41) is 17.8. The van der Waals surface area contributed by atoms with Gasteiger partial charge in [0, 0.05) is 19.5 Å². The highest BCUT2D eigenvalue weighted by Crippen LogP contribution is 2.20. The largest absolute Gasteiger partial charge is 0.481 e. The molecule has 1 atom stereocenters. The maximum atomic E-state index is 10.9. The molecule has 0 aliphatic carbocycles. The summed E-state index contributed by atoms with van der Waals surface area (Å²) in [6.07, 6.45) is 1.89. The Kier molecular flexibility index (Phi) is 6.30. The first-order valence-corrected chi connectivity index (χ1v) is 7.71. The van der Waals surface area contributed by atoms with Crippen LogP contribution in [0.2, 0.25) is 0 Å². The molecule has 0 radical (unpaired) electrons. The molecule has 1 aliphatic heterocycles. The molecule has 1 aliphatic rings. The molecular formula is C12H17N2O6P. The van der Waals surface area contributed by atoms with E-state index in [9.17, 15) is 18.7 Å². The number of aliphatic carboxylic acids is 2. The number of hydrogen-bond acceptors (Lipinski definition) is 6. The molecule has 0 aromatic heterocycles. The average Bonchev–Trinajstić information content (AvgIpc) is 2.75. The van der Waals surface area contributed by atoms with Crippen molar-refractivity contribution in [3.8, 4) is 0 Å². The molecule has 0 saturated heterocycles. The molecule has 0 amide bonds. The molecule has 0 fully saturated rings.